The molecule has 18 heavy (non-hydrogen) atoms. The third-order valence-electron chi connectivity index (χ3n) is 3.03. The molecule has 0 aromatic carbocycles. The lowest BCUT2D eigenvalue weighted by Crippen LogP contribution is -2.26. The summed E-state index contributed by atoms with van der Waals surface area (Å²) in [5.41, 5.74) is 6.61. The molecule has 2 aromatic rings. The number of halogens is 1. The van der Waals surface area contributed by atoms with Gasteiger partial charge in [-0.3, -0.25) is 0 Å². The molecule has 1 fully saturated rings. The van der Waals surface area contributed by atoms with E-state index in [2.05, 4.69) is 9.88 Å². The Morgan fingerprint density at radius 1 is 1.50 bits per heavy atom. The van der Waals surface area contributed by atoms with Crippen LogP contribution in [0.5, 0.6) is 0 Å². The number of nitrogen functional groups attached to an aromatic ring is 1. The molecule has 4 nitrogen and oxygen atoms in total. The van der Waals surface area contributed by atoms with Gasteiger partial charge in [0.15, 0.2) is 5.82 Å². The highest BCUT2D eigenvalue weighted by Gasteiger charge is 2.31. The molecule has 2 N–H and O–H groups in total. The van der Waals surface area contributed by atoms with Crippen molar-refractivity contribution in [3.63, 3.8) is 0 Å². The van der Waals surface area contributed by atoms with Gasteiger partial charge in [-0.2, -0.15) is 0 Å². The number of aromatic nitrogens is 1. The Morgan fingerprint density at radius 3 is 2.94 bits per heavy atom. The molecule has 0 saturated heterocycles. The molecule has 2 aromatic heterocycles. The number of furan rings is 1. The van der Waals surface area contributed by atoms with Gasteiger partial charge in [0.25, 0.3) is 0 Å². The fourth-order valence-electron chi connectivity index (χ4n) is 2.02. The topological polar surface area (TPSA) is 55.3 Å². The number of anilines is 2. The van der Waals surface area contributed by atoms with Crippen LogP contribution < -0.4 is 10.6 Å². The second-order valence-corrected chi connectivity index (χ2v) is 4.94. The van der Waals surface area contributed by atoms with Gasteiger partial charge in [-0.15, -0.1) is 0 Å². The molecule has 5 heteroatoms. The summed E-state index contributed by atoms with van der Waals surface area (Å²) in [4.78, 5) is 6.53. The number of rotatable bonds is 4. The predicted octanol–water partition coefficient (Wildman–Crippen LogP) is 3.08. The van der Waals surface area contributed by atoms with Crippen LogP contribution in [0.1, 0.15) is 18.6 Å². The standard InChI is InChI=1S/C13H14ClN3O/c14-9-6-12(15)13(16-7-9)17(10-3-4-10)8-11-2-1-5-18-11/h1-2,5-7,10H,3-4,8,15H2. The van der Waals surface area contributed by atoms with E-state index in [4.69, 9.17) is 21.8 Å². The summed E-state index contributed by atoms with van der Waals surface area (Å²) < 4.78 is 5.39. The number of hydrogen-bond acceptors (Lipinski definition) is 4. The average Bonchev–Trinajstić information content (AvgIpc) is 3.05. The Morgan fingerprint density at radius 2 is 2.33 bits per heavy atom. The summed E-state index contributed by atoms with van der Waals surface area (Å²) >= 11 is 5.88. The van der Waals surface area contributed by atoms with E-state index in [1.807, 2.05) is 12.1 Å². The van der Waals surface area contributed by atoms with Crippen molar-refractivity contribution in [1.29, 1.82) is 0 Å². The van der Waals surface area contributed by atoms with E-state index in [0.29, 0.717) is 23.3 Å². The number of pyridine rings is 1. The molecule has 1 aliphatic carbocycles. The summed E-state index contributed by atoms with van der Waals surface area (Å²) in [6, 6.07) is 6.09. The summed E-state index contributed by atoms with van der Waals surface area (Å²) in [5, 5.41) is 0.560. The molecule has 0 aliphatic heterocycles. The fraction of sp³-hybridized carbons (Fsp3) is 0.308. The largest absolute Gasteiger partial charge is 0.467 e. The number of nitrogens with two attached hydrogens (primary N) is 1. The highest BCUT2D eigenvalue weighted by atomic mass is 35.5. The van der Waals surface area contributed by atoms with Gasteiger partial charge in [-0.1, -0.05) is 11.6 Å². The van der Waals surface area contributed by atoms with E-state index in [9.17, 15) is 0 Å². The van der Waals surface area contributed by atoms with E-state index >= 15 is 0 Å². The van der Waals surface area contributed by atoms with Gasteiger partial charge in [0.1, 0.15) is 5.76 Å². The second-order valence-electron chi connectivity index (χ2n) is 4.50. The normalized spacial score (nSPS) is 14.7. The zero-order chi connectivity index (χ0) is 12.5. The first-order chi connectivity index (χ1) is 8.74. The molecule has 0 spiro atoms. The van der Waals surface area contributed by atoms with Gasteiger partial charge in [0.05, 0.1) is 23.5 Å². The van der Waals surface area contributed by atoms with Crippen LogP contribution in [0.2, 0.25) is 5.02 Å². The SMILES string of the molecule is Nc1cc(Cl)cnc1N(Cc1ccco1)C1CC1. The van der Waals surface area contributed by atoms with Crippen molar-refractivity contribution in [3.05, 3.63) is 41.4 Å². The van der Waals surface area contributed by atoms with Crippen molar-refractivity contribution in [2.45, 2.75) is 25.4 Å². The molecule has 94 valence electrons. The minimum absolute atomic E-state index is 0.506. The Bertz CT molecular complexity index is 537. The van der Waals surface area contributed by atoms with Gasteiger partial charge in [0.2, 0.25) is 0 Å². The van der Waals surface area contributed by atoms with Crippen molar-refractivity contribution >= 4 is 23.1 Å². The van der Waals surface area contributed by atoms with Gasteiger partial charge >= 0.3 is 0 Å². The van der Waals surface area contributed by atoms with Gasteiger partial charge in [0, 0.05) is 12.2 Å². The number of nitrogens with zero attached hydrogens (tertiary/aromatic N) is 2. The molecule has 0 amide bonds. The third-order valence-corrected chi connectivity index (χ3v) is 3.23. The molecule has 2 heterocycles. The molecule has 1 saturated carbocycles. The molecular weight excluding hydrogens is 250 g/mol. The monoisotopic (exact) mass is 263 g/mol. The van der Waals surface area contributed by atoms with Crippen LogP contribution in [0.15, 0.2) is 35.1 Å². The third kappa shape index (κ3) is 2.29. The van der Waals surface area contributed by atoms with Crippen molar-refractivity contribution in [1.82, 2.24) is 4.98 Å². The maximum absolute atomic E-state index is 6.00. The zero-order valence-electron chi connectivity index (χ0n) is 9.84. The van der Waals surface area contributed by atoms with Gasteiger partial charge in [-0.05, 0) is 31.0 Å². The van der Waals surface area contributed by atoms with Crippen LogP contribution in [0, 0.1) is 0 Å². The minimum atomic E-state index is 0.506. The molecule has 0 unspecified atom stereocenters. The summed E-state index contributed by atoms with van der Waals surface area (Å²) in [6.07, 6.45) is 5.65. The molecule has 3 rings (SSSR count). The molecule has 0 radical (unpaired) electrons. The highest BCUT2D eigenvalue weighted by molar-refractivity contribution is 6.30. The molecule has 1 aliphatic rings. The van der Waals surface area contributed by atoms with E-state index in [0.717, 1.165) is 11.6 Å². The Kier molecular flexibility index (Phi) is 2.88. The quantitative estimate of drug-likeness (QED) is 0.921. The smallest absolute Gasteiger partial charge is 0.152 e. The summed E-state index contributed by atoms with van der Waals surface area (Å²) in [7, 11) is 0. The van der Waals surface area contributed by atoms with Gasteiger partial charge in [-0.25, -0.2) is 4.98 Å². The lowest BCUT2D eigenvalue weighted by molar-refractivity contribution is 0.500. The maximum atomic E-state index is 6.00. The minimum Gasteiger partial charge on any atom is -0.467 e. The van der Waals surface area contributed by atoms with E-state index in [1.165, 1.54) is 12.8 Å². The van der Waals surface area contributed by atoms with Crippen molar-refractivity contribution < 1.29 is 4.42 Å². The highest BCUT2D eigenvalue weighted by Crippen LogP contribution is 2.35. The first kappa shape index (κ1) is 11.4. The first-order valence-electron chi connectivity index (χ1n) is 5.94. The Hall–Kier alpha value is -1.68. The Labute approximate surface area is 110 Å². The summed E-state index contributed by atoms with van der Waals surface area (Å²) in [6.45, 7) is 0.691. The maximum Gasteiger partial charge on any atom is 0.152 e. The van der Waals surface area contributed by atoms with Crippen LogP contribution in [0.3, 0.4) is 0 Å². The van der Waals surface area contributed by atoms with E-state index in [-0.39, 0.29) is 0 Å². The first-order valence-corrected chi connectivity index (χ1v) is 6.32. The predicted molar refractivity (Wildman–Crippen MR) is 71.6 cm³/mol. The van der Waals surface area contributed by atoms with Crippen molar-refractivity contribution in [3.8, 4) is 0 Å². The van der Waals surface area contributed by atoms with Crippen LogP contribution in [0.4, 0.5) is 11.5 Å². The number of hydrogen-bond donors (Lipinski definition) is 1. The fourth-order valence-corrected chi connectivity index (χ4v) is 2.19. The van der Waals surface area contributed by atoms with Crippen LogP contribution in [-0.4, -0.2) is 11.0 Å². The van der Waals surface area contributed by atoms with E-state index in [1.54, 1.807) is 18.5 Å². The van der Waals surface area contributed by atoms with Crippen molar-refractivity contribution in [2.24, 2.45) is 0 Å². The Balaban J connectivity index is 1.89. The lowest BCUT2D eigenvalue weighted by Gasteiger charge is -2.23. The van der Waals surface area contributed by atoms with E-state index < -0.39 is 0 Å². The van der Waals surface area contributed by atoms with Crippen LogP contribution in [0.25, 0.3) is 0 Å². The molecular formula is C13H14ClN3O. The average molecular weight is 264 g/mol. The molecule has 0 atom stereocenters. The van der Waals surface area contributed by atoms with Crippen LogP contribution in [-0.2, 0) is 6.54 Å². The van der Waals surface area contributed by atoms with Crippen molar-refractivity contribution in [2.75, 3.05) is 10.6 Å². The second kappa shape index (κ2) is 4.53. The van der Waals surface area contributed by atoms with Crippen LogP contribution >= 0.6 is 11.6 Å². The zero-order valence-corrected chi connectivity index (χ0v) is 10.6. The lowest BCUT2D eigenvalue weighted by atomic mass is 10.3. The summed E-state index contributed by atoms with van der Waals surface area (Å²) in [5.74, 6) is 1.70. The molecule has 0 bridgehead atoms. The van der Waals surface area contributed by atoms with Gasteiger partial charge < -0.3 is 15.1 Å².